The van der Waals surface area contributed by atoms with E-state index in [1.807, 2.05) is 15.8 Å². The molecule has 0 radical (unpaired) electrons. The molecule has 13 heteroatoms. The summed E-state index contributed by atoms with van der Waals surface area (Å²) in [5.74, 6) is -2.05. The van der Waals surface area contributed by atoms with Crippen molar-refractivity contribution in [2.24, 2.45) is 11.7 Å². The highest BCUT2D eigenvalue weighted by Crippen LogP contribution is 2.23. The highest BCUT2D eigenvalue weighted by Gasteiger charge is 2.24. The Kier molecular flexibility index (Phi) is 7.80. The molecule has 4 N–H and O–H groups in total. The first-order chi connectivity index (χ1) is 17.7. The summed E-state index contributed by atoms with van der Waals surface area (Å²) in [5.41, 5.74) is 6.23. The fraction of sp³-hybridized carbons (Fsp3) is 0.375. The number of nitrogens with zero attached hydrogens (tertiary/aromatic N) is 6. The molecule has 11 nitrogen and oxygen atoms in total. The summed E-state index contributed by atoms with van der Waals surface area (Å²) in [6.45, 7) is 2.05. The average Bonchev–Trinajstić information content (AvgIpc) is 3.31. The van der Waals surface area contributed by atoms with Gasteiger partial charge in [0.05, 0.1) is 17.6 Å². The minimum atomic E-state index is -0.974. The number of anilines is 3. The van der Waals surface area contributed by atoms with E-state index in [9.17, 15) is 18.4 Å². The molecule has 2 aromatic heterocycles. The summed E-state index contributed by atoms with van der Waals surface area (Å²) in [4.78, 5) is 27.4. The fourth-order valence-corrected chi connectivity index (χ4v) is 4.18. The second kappa shape index (κ2) is 11.2. The number of halogens is 2. The molecule has 37 heavy (non-hydrogen) atoms. The molecular formula is C24H29F2N9O2. The third-order valence-electron chi connectivity index (χ3n) is 6.15. The molecule has 1 aliphatic rings. The number of primary amides is 1. The summed E-state index contributed by atoms with van der Waals surface area (Å²) in [7, 11) is 3.50. The number of piperidine rings is 1. The Balaban J connectivity index is 1.38. The lowest BCUT2D eigenvalue weighted by Crippen LogP contribution is -2.44. The third kappa shape index (κ3) is 6.29. The van der Waals surface area contributed by atoms with E-state index in [1.165, 1.54) is 18.2 Å². The lowest BCUT2D eigenvalue weighted by molar-refractivity contribution is 0.0995. The normalized spacial score (nSPS) is 13.9. The first-order valence-corrected chi connectivity index (χ1v) is 11.8. The quantitative estimate of drug-likeness (QED) is 0.422. The van der Waals surface area contributed by atoms with E-state index < -0.39 is 17.5 Å². The second-order valence-electron chi connectivity index (χ2n) is 9.11. The maximum Gasteiger partial charge on any atom is 0.319 e. The van der Waals surface area contributed by atoms with E-state index >= 15 is 0 Å². The molecule has 0 unspecified atom stereocenters. The Hall–Kier alpha value is -4.29. The number of hydrogen-bond donors (Lipinski definition) is 3. The van der Waals surface area contributed by atoms with Gasteiger partial charge in [-0.05, 0) is 24.8 Å². The van der Waals surface area contributed by atoms with Crippen LogP contribution in [0.1, 0.15) is 28.9 Å². The summed E-state index contributed by atoms with van der Waals surface area (Å²) < 4.78 is 29.4. The molecule has 4 rings (SSSR count). The second-order valence-corrected chi connectivity index (χ2v) is 9.11. The maximum absolute atomic E-state index is 14.0. The van der Waals surface area contributed by atoms with E-state index in [2.05, 4.69) is 25.9 Å². The predicted octanol–water partition coefficient (Wildman–Crippen LogP) is 2.80. The van der Waals surface area contributed by atoms with Crippen LogP contribution in [0, 0.1) is 17.6 Å². The van der Waals surface area contributed by atoms with E-state index in [4.69, 9.17) is 5.73 Å². The van der Waals surface area contributed by atoms with Gasteiger partial charge in [0, 0.05) is 58.1 Å². The van der Waals surface area contributed by atoms with E-state index in [0.29, 0.717) is 37.1 Å². The van der Waals surface area contributed by atoms with Gasteiger partial charge in [-0.1, -0.05) is 12.1 Å². The maximum atomic E-state index is 14.0. The number of carbonyl (C=O) groups is 2. The van der Waals surface area contributed by atoms with Gasteiger partial charge in [0.25, 0.3) is 5.91 Å². The minimum Gasteiger partial charge on any atom is -0.379 e. The van der Waals surface area contributed by atoms with Crippen molar-refractivity contribution < 1.29 is 18.4 Å². The number of urea groups is 1. The number of hydrogen-bond acceptors (Lipinski definition) is 7. The first-order valence-electron chi connectivity index (χ1n) is 11.8. The fourth-order valence-electron chi connectivity index (χ4n) is 4.18. The molecule has 3 amide bonds. The highest BCUT2D eigenvalue weighted by molar-refractivity contribution is 5.96. The van der Waals surface area contributed by atoms with Gasteiger partial charge in [-0.25, -0.2) is 13.6 Å². The van der Waals surface area contributed by atoms with Crippen LogP contribution >= 0.6 is 0 Å². The van der Waals surface area contributed by atoms with E-state index in [-0.39, 0.29) is 29.5 Å². The van der Waals surface area contributed by atoms with Crippen molar-refractivity contribution in [1.29, 1.82) is 0 Å². The van der Waals surface area contributed by atoms with Crippen LogP contribution < -0.4 is 16.4 Å². The van der Waals surface area contributed by atoms with Crippen LogP contribution in [0.4, 0.5) is 30.8 Å². The lowest BCUT2D eigenvalue weighted by Gasteiger charge is -2.33. The molecule has 1 aliphatic heterocycles. The predicted molar refractivity (Wildman–Crippen MR) is 133 cm³/mol. The number of aromatic nitrogens is 4. The first kappa shape index (κ1) is 25.8. The molecule has 1 saturated heterocycles. The van der Waals surface area contributed by atoms with Crippen molar-refractivity contribution in [1.82, 2.24) is 29.8 Å². The zero-order valence-electron chi connectivity index (χ0n) is 20.6. The molecular weight excluding hydrogens is 484 g/mol. The zero-order chi connectivity index (χ0) is 26.5. The number of nitrogens with one attached hydrogen (secondary N) is 2. The molecule has 3 aromatic rings. The zero-order valence-corrected chi connectivity index (χ0v) is 20.6. The van der Waals surface area contributed by atoms with Gasteiger partial charge in [0.2, 0.25) is 0 Å². The van der Waals surface area contributed by atoms with Crippen LogP contribution in [0.3, 0.4) is 0 Å². The monoisotopic (exact) mass is 513 g/mol. The SMILES string of the molecule is CN(C)C(=O)N1CCC(Cn2cc(Nc3cc(NCc4cccc(F)c4F)c(C(N)=O)nn3)cn2)CC1. The molecule has 0 atom stereocenters. The average molecular weight is 514 g/mol. The van der Waals surface area contributed by atoms with Gasteiger partial charge in [-0.15, -0.1) is 10.2 Å². The molecule has 196 valence electrons. The standard InChI is InChI=1S/C24H29F2N9O2/c1-33(2)24(37)34-8-6-15(7-9-34)13-35-14-17(12-29-35)30-20-10-19(22(23(27)36)32-31-20)28-11-16-4-3-5-18(25)21(16)26/h3-5,10,12,14-15H,6-9,11,13H2,1-2H3,(H2,27,36)(H2,28,30,31). The van der Waals surface area contributed by atoms with Crippen LogP contribution in [0.5, 0.6) is 0 Å². The molecule has 0 bridgehead atoms. The number of benzene rings is 1. The number of likely N-dealkylation sites (tertiary alicyclic amines) is 1. The van der Waals surface area contributed by atoms with Crippen molar-refractivity contribution >= 4 is 29.1 Å². The lowest BCUT2D eigenvalue weighted by atomic mass is 9.97. The van der Waals surface area contributed by atoms with Gasteiger partial charge < -0.3 is 26.2 Å². The van der Waals surface area contributed by atoms with Crippen molar-refractivity contribution in [2.75, 3.05) is 37.8 Å². The van der Waals surface area contributed by atoms with Crippen LogP contribution in [0.15, 0.2) is 36.7 Å². The van der Waals surface area contributed by atoms with Crippen LogP contribution in [-0.2, 0) is 13.1 Å². The van der Waals surface area contributed by atoms with Crippen LogP contribution in [-0.4, -0.2) is 68.9 Å². The van der Waals surface area contributed by atoms with Gasteiger partial charge in [-0.3, -0.25) is 9.48 Å². The Morgan fingerprint density at radius 3 is 2.65 bits per heavy atom. The summed E-state index contributed by atoms with van der Waals surface area (Å²) >= 11 is 0. The third-order valence-corrected chi connectivity index (χ3v) is 6.15. The number of nitrogens with two attached hydrogens (primary N) is 1. The molecule has 0 saturated carbocycles. The summed E-state index contributed by atoms with van der Waals surface area (Å²) in [6.07, 6.45) is 5.26. The van der Waals surface area contributed by atoms with Gasteiger partial charge in [-0.2, -0.15) is 5.10 Å². The van der Waals surface area contributed by atoms with Gasteiger partial charge in [0.1, 0.15) is 0 Å². The van der Waals surface area contributed by atoms with E-state index in [0.717, 1.165) is 18.9 Å². The Labute approximate surface area is 212 Å². The Morgan fingerprint density at radius 1 is 1.19 bits per heavy atom. The smallest absolute Gasteiger partial charge is 0.319 e. The Bertz CT molecular complexity index is 1270. The van der Waals surface area contributed by atoms with Crippen molar-refractivity contribution in [3.05, 3.63) is 59.6 Å². The minimum absolute atomic E-state index is 0.0300. The van der Waals surface area contributed by atoms with Crippen LogP contribution in [0.2, 0.25) is 0 Å². The summed E-state index contributed by atoms with van der Waals surface area (Å²) in [6, 6.07) is 5.40. The van der Waals surface area contributed by atoms with Gasteiger partial charge >= 0.3 is 6.03 Å². The van der Waals surface area contributed by atoms with Crippen molar-refractivity contribution in [3.8, 4) is 0 Å². The number of amides is 3. The number of rotatable bonds is 8. The number of carbonyl (C=O) groups excluding carboxylic acids is 2. The Morgan fingerprint density at radius 2 is 1.95 bits per heavy atom. The molecule has 0 aliphatic carbocycles. The van der Waals surface area contributed by atoms with Crippen molar-refractivity contribution in [3.63, 3.8) is 0 Å². The van der Waals surface area contributed by atoms with Crippen molar-refractivity contribution in [2.45, 2.75) is 25.9 Å². The molecule has 3 heterocycles. The topological polar surface area (TPSA) is 134 Å². The molecule has 1 fully saturated rings. The van der Waals surface area contributed by atoms with E-state index in [1.54, 1.807) is 25.2 Å². The largest absolute Gasteiger partial charge is 0.379 e. The molecule has 1 aromatic carbocycles. The highest BCUT2D eigenvalue weighted by atomic mass is 19.2. The van der Waals surface area contributed by atoms with Gasteiger partial charge in [0.15, 0.2) is 23.1 Å². The summed E-state index contributed by atoms with van der Waals surface area (Å²) in [5, 5.41) is 18.2. The van der Waals surface area contributed by atoms with Crippen LogP contribution in [0.25, 0.3) is 0 Å². The molecule has 0 spiro atoms.